The number of rotatable bonds is 16. The number of halogens is 1. The summed E-state index contributed by atoms with van der Waals surface area (Å²) < 4.78 is 30.1. The van der Waals surface area contributed by atoms with E-state index >= 15 is 0 Å². The van der Waals surface area contributed by atoms with Crippen molar-refractivity contribution >= 4 is 41.0 Å². The first-order chi connectivity index (χ1) is 24.7. The van der Waals surface area contributed by atoms with Gasteiger partial charge in [-0.1, -0.05) is 37.5 Å². The van der Waals surface area contributed by atoms with Crippen molar-refractivity contribution < 1.29 is 48.0 Å². The number of nitrogens with one attached hydrogen (secondary N) is 2. The van der Waals surface area contributed by atoms with Gasteiger partial charge in [-0.15, -0.1) is 11.8 Å². The van der Waals surface area contributed by atoms with Crippen molar-refractivity contribution in [3.63, 3.8) is 0 Å². The highest BCUT2D eigenvalue weighted by Gasteiger charge is 2.49. The van der Waals surface area contributed by atoms with Crippen LogP contribution in [0.3, 0.4) is 0 Å². The number of nitrogens with zero attached hydrogens (tertiary/aromatic N) is 1. The Morgan fingerprint density at radius 3 is 2.43 bits per heavy atom. The Bertz CT molecular complexity index is 1720. The predicted octanol–water partition coefficient (Wildman–Crippen LogP) is 4.31. The minimum absolute atomic E-state index is 0.0718. The Labute approximate surface area is 298 Å². The van der Waals surface area contributed by atoms with Gasteiger partial charge < -0.3 is 40.0 Å². The number of carbonyl (C=O) groups is 4. The number of ketones is 1. The second-order valence-corrected chi connectivity index (χ2v) is 14.0. The van der Waals surface area contributed by atoms with E-state index in [2.05, 4.69) is 10.6 Å². The van der Waals surface area contributed by atoms with E-state index in [0.717, 1.165) is 37.7 Å². The summed E-state index contributed by atoms with van der Waals surface area (Å²) in [5.74, 6) is -0.869. The summed E-state index contributed by atoms with van der Waals surface area (Å²) in [6.07, 6.45) is 3.84. The van der Waals surface area contributed by atoms with E-state index in [9.17, 15) is 33.8 Å². The summed E-state index contributed by atoms with van der Waals surface area (Å²) in [7, 11) is 0. The lowest BCUT2D eigenvalue weighted by atomic mass is 9.92. The average molecular weight is 722 g/mol. The van der Waals surface area contributed by atoms with Crippen molar-refractivity contribution in [1.82, 2.24) is 10.6 Å². The van der Waals surface area contributed by atoms with Gasteiger partial charge in [-0.3, -0.25) is 19.2 Å². The smallest absolute Gasteiger partial charge is 0.321 e. The van der Waals surface area contributed by atoms with Gasteiger partial charge in [0, 0.05) is 23.9 Å². The van der Waals surface area contributed by atoms with E-state index in [0.29, 0.717) is 28.5 Å². The van der Waals surface area contributed by atoms with E-state index in [1.54, 1.807) is 59.5 Å². The summed E-state index contributed by atoms with van der Waals surface area (Å²) in [6.45, 7) is -0.558. The SMILES string of the molecule is O=C(CNC(=O)COc1ccc([C@@H]2[C@@H](SC[C@H](O)c3ccc4c(c3)OCO4)C(=O)N2c2ccc(F)cc2)cc1)C[C@@H](NC1CCCCC1)C(=O)O. The van der Waals surface area contributed by atoms with Gasteiger partial charge in [0.1, 0.15) is 22.9 Å². The molecular weight excluding hydrogens is 681 g/mol. The number of thioether (sulfide) groups is 1. The number of hydrogen-bond donors (Lipinski definition) is 4. The molecule has 1 saturated heterocycles. The van der Waals surface area contributed by atoms with Crippen LogP contribution in [0.1, 0.15) is 61.8 Å². The van der Waals surface area contributed by atoms with Crippen molar-refractivity contribution in [2.24, 2.45) is 0 Å². The predicted molar refractivity (Wildman–Crippen MR) is 186 cm³/mol. The third-order valence-electron chi connectivity index (χ3n) is 9.21. The number of ether oxygens (including phenoxy) is 3. The molecule has 4 atom stereocenters. The molecule has 3 aromatic carbocycles. The molecule has 0 aromatic heterocycles. The molecule has 2 fully saturated rings. The van der Waals surface area contributed by atoms with E-state index in [-0.39, 0.29) is 44.1 Å². The number of carboxylic acid groups (broad SMARTS) is 1. The fourth-order valence-corrected chi connectivity index (χ4v) is 7.78. The number of aliphatic carboxylic acids is 1. The summed E-state index contributed by atoms with van der Waals surface area (Å²) in [4.78, 5) is 51.6. The normalized spacial score (nSPS) is 19.6. The van der Waals surface area contributed by atoms with Crippen LogP contribution in [0.4, 0.5) is 10.1 Å². The maximum absolute atomic E-state index is 13.7. The Morgan fingerprint density at radius 2 is 1.71 bits per heavy atom. The Kier molecular flexibility index (Phi) is 11.7. The molecule has 1 aliphatic carbocycles. The number of carbonyl (C=O) groups excluding carboxylic acids is 3. The zero-order valence-electron chi connectivity index (χ0n) is 27.8. The Morgan fingerprint density at radius 1 is 0.980 bits per heavy atom. The van der Waals surface area contributed by atoms with Gasteiger partial charge >= 0.3 is 5.97 Å². The molecule has 12 nitrogen and oxygen atoms in total. The average Bonchev–Trinajstić information content (AvgIpc) is 3.61. The summed E-state index contributed by atoms with van der Waals surface area (Å²) >= 11 is 1.32. The first kappa shape index (κ1) is 36.1. The third-order valence-corrected chi connectivity index (χ3v) is 10.5. The summed E-state index contributed by atoms with van der Waals surface area (Å²) in [6, 6.07) is 16.4. The number of aliphatic hydroxyl groups excluding tert-OH is 1. The van der Waals surface area contributed by atoms with Crippen molar-refractivity contribution in [3.8, 4) is 17.2 Å². The minimum Gasteiger partial charge on any atom is -0.484 e. The molecule has 2 aliphatic heterocycles. The van der Waals surface area contributed by atoms with Crippen LogP contribution >= 0.6 is 11.8 Å². The number of hydrogen-bond acceptors (Lipinski definition) is 10. The van der Waals surface area contributed by atoms with Gasteiger partial charge in [0.25, 0.3) is 5.91 Å². The number of carboxylic acids is 1. The second-order valence-electron chi connectivity index (χ2n) is 12.8. The topological polar surface area (TPSA) is 164 Å². The van der Waals surface area contributed by atoms with Crippen LogP contribution in [0.5, 0.6) is 17.2 Å². The lowest BCUT2D eigenvalue weighted by Crippen LogP contribution is -2.57. The number of aliphatic hydroxyl groups is 1. The molecule has 51 heavy (non-hydrogen) atoms. The van der Waals surface area contributed by atoms with Crippen LogP contribution in [-0.2, 0) is 19.2 Å². The van der Waals surface area contributed by atoms with Gasteiger partial charge in [-0.25, -0.2) is 4.39 Å². The number of β-lactam (4-membered cyclic amide) rings is 1. The molecule has 270 valence electrons. The summed E-state index contributed by atoms with van der Waals surface area (Å²) in [5.41, 5.74) is 1.94. The summed E-state index contributed by atoms with van der Waals surface area (Å²) in [5, 5.41) is 25.5. The number of benzene rings is 3. The van der Waals surface area contributed by atoms with Gasteiger partial charge in [0.2, 0.25) is 12.7 Å². The van der Waals surface area contributed by atoms with Crippen LogP contribution in [-0.4, -0.2) is 76.8 Å². The number of fused-ring (bicyclic) bond motifs is 1. The fourth-order valence-electron chi connectivity index (χ4n) is 6.48. The molecule has 2 amide bonds. The molecule has 0 unspecified atom stereocenters. The molecule has 1 saturated carbocycles. The Hall–Kier alpha value is -4.66. The van der Waals surface area contributed by atoms with E-state index in [4.69, 9.17) is 14.2 Å². The maximum Gasteiger partial charge on any atom is 0.321 e. The number of amides is 2. The highest BCUT2D eigenvalue weighted by atomic mass is 32.2. The second kappa shape index (κ2) is 16.6. The van der Waals surface area contributed by atoms with Crippen LogP contribution < -0.4 is 29.7 Å². The molecule has 2 heterocycles. The molecule has 6 rings (SSSR count). The van der Waals surface area contributed by atoms with Crippen LogP contribution in [0.15, 0.2) is 66.7 Å². The molecule has 3 aliphatic rings. The zero-order chi connectivity index (χ0) is 35.9. The lowest BCUT2D eigenvalue weighted by molar-refractivity contribution is -0.141. The monoisotopic (exact) mass is 721 g/mol. The maximum atomic E-state index is 13.7. The van der Waals surface area contributed by atoms with E-state index in [1.165, 1.54) is 23.9 Å². The minimum atomic E-state index is -1.09. The molecule has 4 N–H and O–H groups in total. The van der Waals surface area contributed by atoms with Gasteiger partial charge in [0.15, 0.2) is 23.9 Å². The molecule has 3 aromatic rings. The van der Waals surface area contributed by atoms with Crippen LogP contribution in [0.2, 0.25) is 0 Å². The van der Waals surface area contributed by atoms with Gasteiger partial charge in [-0.2, -0.15) is 0 Å². The molecule has 0 bridgehead atoms. The zero-order valence-corrected chi connectivity index (χ0v) is 28.6. The van der Waals surface area contributed by atoms with Crippen molar-refractivity contribution in [3.05, 3.63) is 83.7 Å². The lowest BCUT2D eigenvalue weighted by Gasteiger charge is -2.47. The largest absolute Gasteiger partial charge is 0.484 e. The highest BCUT2D eigenvalue weighted by Crippen LogP contribution is 2.46. The molecule has 14 heteroatoms. The number of Topliss-reactive ketones (excluding diaryl/α,β-unsaturated/α-hetero) is 1. The first-order valence-corrected chi connectivity index (χ1v) is 18.0. The van der Waals surface area contributed by atoms with Crippen molar-refractivity contribution in [2.45, 2.75) is 68.0 Å². The van der Waals surface area contributed by atoms with Crippen molar-refractivity contribution in [2.75, 3.05) is 30.6 Å². The van der Waals surface area contributed by atoms with E-state index in [1.807, 2.05) is 0 Å². The van der Waals surface area contributed by atoms with Crippen molar-refractivity contribution in [1.29, 1.82) is 0 Å². The van der Waals surface area contributed by atoms with Gasteiger partial charge in [0.05, 0.1) is 18.7 Å². The highest BCUT2D eigenvalue weighted by molar-refractivity contribution is 8.00. The number of anilines is 1. The van der Waals surface area contributed by atoms with Crippen LogP contribution in [0, 0.1) is 5.82 Å². The molecular formula is C37H40FN3O9S. The van der Waals surface area contributed by atoms with Crippen LogP contribution in [0.25, 0.3) is 0 Å². The first-order valence-electron chi connectivity index (χ1n) is 16.9. The standard InChI is InChI=1S/C37H40FN3O9S/c38-24-9-11-26(12-10-24)41-34(35(36(41)45)51-20-30(43)23-8-15-31-32(16-23)50-21-49-31)22-6-13-28(14-7-22)48-19-33(44)39-18-27(42)17-29(37(46)47)40-25-4-2-1-3-5-25/h6-16,25,29-30,34-35,40,43H,1-5,17-21H2,(H,39,44)(H,46,47)/t29-,30+,34-,35-/m1/s1. The third kappa shape index (κ3) is 8.99. The molecule has 0 radical (unpaired) electrons. The fraction of sp³-hybridized carbons (Fsp3) is 0.405. The quantitative estimate of drug-likeness (QED) is 0.156. The van der Waals surface area contributed by atoms with Gasteiger partial charge in [-0.05, 0) is 72.5 Å². The Balaban J connectivity index is 1.03. The van der Waals surface area contributed by atoms with E-state index < -0.39 is 46.9 Å². The molecule has 0 spiro atoms.